The summed E-state index contributed by atoms with van der Waals surface area (Å²) in [4.78, 5) is 67.5. The maximum atomic E-state index is 11.5. The average molecular weight is 1970 g/mol. The van der Waals surface area contributed by atoms with Crippen molar-refractivity contribution in [2.24, 2.45) is 0 Å². The molecule has 0 saturated heterocycles. The largest absolute Gasteiger partial charge is 0.311 e. The molecule has 92 heavy (non-hydrogen) atoms. The van der Waals surface area contributed by atoms with Crippen molar-refractivity contribution in [1.29, 1.82) is 0 Å². The number of carbonyl (C=O) groups excluding carboxylic acids is 3. The van der Waals surface area contributed by atoms with Gasteiger partial charge in [-0.05, 0) is 161 Å². The number of hydrogen-bond donors (Lipinski definition) is 2. The van der Waals surface area contributed by atoms with E-state index in [1.807, 2.05) is 154 Å². The molecule has 24 heteroatoms. The van der Waals surface area contributed by atoms with Crippen LogP contribution in [0.5, 0.6) is 0 Å². The summed E-state index contributed by atoms with van der Waals surface area (Å²) in [6.45, 7) is 9.03. The molecule has 1 amide bonds. The fourth-order valence-corrected chi connectivity index (χ4v) is 9.81. The number of hydrogen-bond acceptors (Lipinski definition) is 15. The van der Waals surface area contributed by atoms with Crippen molar-refractivity contribution in [3.8, 4) is 22.3 Å². The number of unbranched alkanes of at least 4 members (excludes halogenated alkanes) is 9. The van der Waals surface area contributed by atoms with E-state index in [2.05, 4.69) is 138 Å². The molecule has 0 aliphatic rings. The molecule has 0 aliphatic heterocycles. The number of benzene rings is 2. The Bertz CT molecular complexity index is 3290. The Balaban J connectivity index is 0.000000348. The predicted octanol–water partition coefficient (Wildman–Crippen LogP) is 17.4. The molecule has 2 aromatic carbocycles. The van der Waals surface area contributed by atoms with Crippen molar-refractivity contribution >= 4 is 174 Å². The number of esters is 2. The maximum absolute atomic E-state index is 11.5. The zero-order valence-corrected chi connectivity index (χ0v) is 66.6. The summed E-state index contributed by atoms with van der Waals surface area (Å²) >= 11 is 22.3. The van der Waals surface area contributed by atoms with E-state index >= 15 is 0 Å². The summed E-state index contributed by atoms with van der Waals surface area (Å²) < 4.78 is 9.94. The zero-order chi connectivity index (χ0) is 65.7. The number of pyridine rings is 6. The molecule has 6 heterocycles. The van der Waals surface area contributed by atoms with Crippen LogP contribution in [0.25, 0.3) is 22.3 Å². The first-order chi connectivity index (χ1) is 44.5. The SMILES string of the molecule is CCOC(=O)CCCCCCN(c1ccccn1)c1cc(-c2ccccc2Cl)ccn1.CCOC(=O)CCCCCCN(c1ccccn1)c1cc(C)ccn1.I.II.I[I-]I.O=C(CCCCCCN(c1ccccn1)c1cc(-c2ccccc2Cl)ccn1)NO. The minimum atomic E-state index is -0.342. The summed E-state index contributed by atoms with van der Waals surface area (Å²) in [5, 5.41) is 9.97. The van der Waals surface area contributed by atoms with Gasteiger partial charge in [0.2, 0.25) is 5.91 Å². The van der Waals surface area contributed by atoms with Gasteiger partial charge in [0.05, 0.1) is 13.2 Å². The summed E-state index contributed by atoms with van der Waals surface area (Å²) in [6, 6.07) is 45.2. The molecular weight excluding hydrogens is 1890 g/mol. The van der Waals surface area contributed by atoms with Crippen LogP contribution in [0.15, 0.2) is 177 Å². The van der Waals surface area contributed by atoms with Crippen molar-refractivity contribution in [1.82, 2.24) is 35.4 Å². The van der Waals surface area contributed by atoms with Gasteiger partial charge in [0.25, 0.3) is 0 Å². The normalized spacial score (nSPS) is 10.2. The minimum Gasteiger partial charge on any atom is -0.311 e. The van der Waals surface area contributed by atoms with Crippen LogP contribution in [0.3, 0.4) is 0 Å². The Labute approximate surface area is 623 Å². The van der Waals surface area contributed by atoms with Gasteiger partial charge in [-0.15, -0.1) is 24.0 Å². The van der Waals surface area contributed by atoms with Crippen molar-refractivity contribution in [3.63, 3.8) is 0 Å². The smallest absolute Gasteiger partial charge is 0.243 e. The van der Waals surface area contributed by atoms with Gasteiger partial charge in [0.15, 0.2) is 0 Å². The third kappa shape index (κ3) is 32.2. The van der Waals surface area contributed by atoms with E-state index in [0.29, 0.717) is 55.8 Å². The molecule has 2 N–H and O–H groups in total. The predicted molar refractivity (Wildman–Crippen MR) is 416 cm³/mol. The number of rotatable bonds is 31. The van der Waals surface area contributed by atoms with Crippen molar-refractivity contribution in [2.45, 2.75) is 117 Å². The van der Waals surface area contributed by atoms with Crippen LogP contribution in [-0.4, -0.2) is 85.8 Å². The van der Waals surface area contributed by atoms with Crippen LogP contribution in [0.1, 0.15) is 116 Å². The van der Waals surface area contributed by atoms with Gasteiger partial charge in [0, 0.05) is 134 Å². The molecule has 6 aromatic heterocycles. The summed E-state index contributed by atoms with van der Waals surface area (Å²) in [5.41, 5.74) is 6.81. The molecule has 0 fully saturated rings. The van der Waals surface area contributed by atoms with Gasteiger partial charge >= 0.3 is 62.4 Å². The molecule has 496 valence electrons. The Morgan fingerprint density at radius 1 is 0.457 bits per heavy atom. The molecule has 0 spiro atoms. The number of hydroxylamine groups is 1. The van der Waals surface area contributed by atoms with Crippen LogP contribution in [-0.2, 0) is 23.9 Å². The van der Waals surface area contributed by atoms with Crippen LogP contribution < -0.4 is 33.4 Å². The second-order valence-electron chi connectivity index (χ2n) is 20.2. The molecular formula is C68H81Cl2I6N10O6-. The third-order valence-electron chi connectivity index (χ3n) is 13.7. The fraction of sp³-hybridized carbons (Fsp3) is 0.338. The standard InChI is InChI=1S/C25H28ClN3O2.C23H25ClN4O2.C20H27N3O2.I3.I2.HI/c1-2-31-25(30)14-5-3-4-10-18-29(23-13-8-9-16-27-23)24-19-20(15-17-28-24)21-11-6-7-12-22(21)26;24-20-10-5-4-9-19(20)18-13-15-26-22(17-18)28(21-11-6-7-14-25-21)16-8-2-1-3-12-23(29)27-30;1-3-25-20(24)11-6-4-5-9-15-23(18-10-7-8-13-21-18)19-16-17(2)12-14-22-19;1-3-2;1-2;/h6-9,11-13,15-17,19H,2-5,10,14,18H2,1H3;4-7,9-11,13-15,17,30H,1-3,8,12,16H2,(H,27,29);7-8,10,12-14,16H,3-6,9,11,15H2,1-2H3;;;1H/q;;;-1;;. The summed E-state index contributed by atoms with van der Waals surface area (Å²) in [7, 11) is 0. The molecule has 0 radical (unpaired) electrons. The number of ether oxygens (including phenoxy) is 2. The number of anilines is 6. The van der Waals surface area contributed by atoms with E-state index in [1.54, 1.807) is 30.3 Å². The quantitative estimate of drug-likeness (QED) is 0.0137. The topological polar surface area (TPSA) is 189 Å². The van der Waals surface area contributed by atoms with Gasteiger partial charge < -0.3 is 24.2 Å². The molecule has 8 rings (SSSR count). The molecule has 16 nitrogen and oxygen atoms in total. The van der Waals surface area contributed by atoms with Crippen molar-refractivity contribution in [3.05, 3.63) is 192 Å². The fourth-order valence-electron chi connectivity index (χ4n) is 9.32. The number of carbonyl (C=O) groups is 3. The Kier molecular flexibility index (Phi) is 45.9. The van der Waals surface area contributed by atoms with Crippen LogP contribution in [0.2, 0.25) is 10.0 Å². The second-order valence-corrected chi connectivity index (χ2v) is 37.2. The van der Waals surface area contributed by atoms with E-state index in [-0.39, 0.29) is 41.8 Å². The zero-order valence-electron chi connectivity index (χ0n) is 52.0. The average Bonchev–Trinajstić information content (AvgIpc) is 1.08. The van der Waals surface area contributed by atoms with E-state index in [0.717, 1.165) is 154 Å². The van der Waals surface area contributed by atoms with Crippen LogP contribution >= 0.6 is 122 Å². The molecule has 0 saturated carbocycles. The molecule has 8 aromatic rings. The number of halogens is 8. The second kappa shape index (κ2) is 51.4. The minimum absolute atomic E-state index is 0. The Morgan fingerprint density at radius 3 is 1.12 bits per heavy atom. The third-order valence-corrected chi connectivity index (χ3v) is 14.3. The first kappa shape index (κ1) is 82.3. The van der Waals surface area contributed by atoms with Gasteiger partial charge in [0.1, 0.15) is 34.9 Å². The monoisotopic (exact) mass is 1960 g/mol. The van der Waals surface area contributed by atoms with Crippen LogP contribution in [0, 0.1) is 6.92 Å². The number of amides is 1. The Morgan fingerprint density at radius 2 is 0.783 bits per heavy atom. The van der Waals surface area contributed by atoms with E-state index in [9.17, 15) is 14.4 Å². The van der Waals surface area contributed by atoms with E-state index < -0.39 is 0 Å². The van der Waals surface area contributed by atoms with Crippen molar-refractivity contribution in [2.75, 3.05) is 47.5 Å². The summed E-state index contributed by atoms with van der Waals surface area (Å²) in [6.07, 6.45) is 23.5. The molecule has 0 atom stereocenters. The number of aryl methyl sites for hydroxylation is 1. The van der Waals surface area contributed by atoms with Gasteiger partial charge in [-0.1, -0.05) is 116 Å². The van der Waals surface area contributed by atoms with Crippen molar-refractivity contribution < 1.29 is 42.3 Å². The van der Waals surface area contributed by atoms with Gasteiger partial charge in [-0.25, -0.2) is 35.4 Å². The van der Waals surface area contributed by atoms with Crippen LogP contribution in [0.4, 0.5) is 34.9 Å². The Hall–Kier alpha value is -3.93. The molecule has 0 unspecified atom stereocenters. The first-order valence-electron chi connectivity index (χ1n) is 30.2. The number of aromatic nitrogens is 6. The molecule has 0 bridgehead atoms. The molecule has 0 aliphatic carbocycles. The summed E-state index contributed by atoms with van der Waals surface area (Å²) in [5.74, 6) is 4.62. The van der Waals surface area contributed by atoms with Gasteiger partial charge in [-0.3, -0.25) is 19.6 Å². The number of nitrogens with zero attached hydrogens (tertiary/aromatic N) is 9. The van der Waals surface area contributed by atoms with E-state index in [4.69, 9.17) is 37.9 Å². The van der Waals surface area contributed by atoms with Gasteiger partial charge in [-0.2, -0.15) is 0 Å². The van der Waals surface area contributed by atoms with E-state index in [1.165, 1.54) is 5.56 Å². The maximum Gasteiger partial charge on any atom is 0.243 e. The first-order valence-corrected chi connectivity index (χ1v) is 49.8. The number of nitrogens with one attached hydrogen (secondary N) is 1.